The van der Waals surface area contributed by atoms with Crippen molar-refractivity contribution in [3.8, 4) is 0 Å². The summed E-state index contributed by atoms with van der Waals surface area (Å²) < 4.78 is 0. The number of benzene rings is 1. The van der Waals surface area contributed by atoms with Gasteiger partial charge in [-0.15, -0.1) is 0 Å². The summed E-state index contributed by atoms with van der Waals surface area (Å²) in [6, 6.07) is 9.26. The molecule has 0 bridgehead atoms. The Labute approximate surface area is 121 Å². The summed E-state index contributed by atoms with van der Waals surface area (Å²) >= 11 is 0. The van der Waals surface area contributed by atoms with Crippen LogP contribution < -0.4 is 0 Å². The van der Waals surface area contributed by atoms with Gasteiger partial charge in [0.2, 0.25) is 0 Å². The van der Waals surface area contributed by atoms with Gasteiger partial charge in [-0.3, -0.25) is 19.9 Å². The molecule has 6 nitrogen and oxygen atoms in total. The summed E-state index contributed by atoms with van der Waals surface area (Å²) in [5.41, 5.74) is -0.220. The molecule has 0 fully saturated rings. The lowest BCUT2D eigenvalue weighted by Crippen LogP contribution is -2.34. The molecule has 0 saturated heterocycles. The molecule has 2 aromatic rings. The maximum absolute atomic E-state index is 11.7. The van der Waals surface area contributed by atoms with Crippen molar-refractivity contribution in [2.24, 2.45) is 0 Å². The molecule has 0 aliphatic rings. The van der Waals surface area contributed by atoms with E-state index < -0.39 is 16.3 Å². The average molecular weight is 286 g/mol. The molecular weight excluding hydrogens is 272 g/mol. The number of carboxylic acids is 1. The molecule has 0 amide bonds. The summed E-state index contributed by atoms with van der Waals surface area (Å²) in [5.74, 6) is -1.04. The van der Waals surface area contributed by atoms with Crippen LogP contribution in [0.1, 0.15) is 18.1 Å². The third kappa shape index (κ3) is 3.05. The van der Waals surface area contributed by atoms with Crippen molar-refractivity contribution in [3.63, 3.8) is 0 Å². The van der Waals surface area contributed by atoms with Crippen molar-refractivity contribution < 1.29 is 14.8 Å². The van der Waals surface area contributed by atoms with Crippen molar-refractivity contribution in [3.05, 3.63) is 70.0 Å². The van der Waals surface area contributed by atoms with Crippen LogP contribution in [0, 0.1) is 10.1 Å². The standard InChI is InChI=1S/C15H14N2O4/c1-15(14(18)19,9-11-4-3-7-16-10-11)12-5-2-6-13(8-12)17(20)21/h2-8,10H,9H2,1H3,(H,18,19). The van der Waals surface area contributed by atoms with Crippen LogP contribution in [0.5, 0.6) is 0 Å². The first-order valence-corrected chi connectivity index (χ1v) is 6.31. The molecule has 0 radical (unpaired) electrons. The van der Waals surface area contributed by atoms with Gasteiger partial charge in [0.15, 0.2) is 0 Å². The van der Waals surface area contributed by atoms with Gasteiger partial charge in [0, 0.05) is 24.5 Å². The van der Waals surface area contributed by atoms with Crippen LogP contribution in [0.25, 0.3) is 0 Å². The Balaban J connectivity index is 2.45. The summed E-state index contributed by atoms with van der Waals surface area (Å²) in [6.45, 7) is 1.56. The van der Waals surface area contributed by atoms with E-state index in [1.807, 2.05) is 0 Å². The van der Waals surface area contributed by atoms with E-state index in [1.54, 1.807) is 37.5 Å². The second-order valence-electron chi connectivity index (χ2n) is 4.98. The Morgan fingerprint density at radius 2 is 2.14 bits per heavy atom. The Bertz CT molecular complexity index is 672. The summed E-state index contributed by atoms with van der Waals surface area (Å²) in [6.07, 6.45) is 3.41. The molecule has 1 atom stereocenters. The summed E-state index contributed by atoms with van der Waals surface area (Å²) in [7, 11) is 0. The number of carboxylic acid groups (broad SMARTS) is 1. The minimum atomic E-state index is -1.25. The van der Waals surface area contributed by atoms with E-state index in [0.717, 1.165) is 5.56 Å². The largest absolute Gasteiger partial charge is 0.481 e. The van der Waals surface area contributed by atoms with Crippen LogP contribution in [0.4, 0.5) is 5.69 Å². The molecule has 1 aromatic heterocycles. The maximum Gasteiger partial charge on any atom is 0.314 e. The van der Waals surface area contributed by atoms with Crippen molar-refractivity contribution in [2.75, 3.05) is 0 Å². The van der Waals surface area contributed by atoms with Crippen LogP contribution in [-0.2, 0) is 16.6 Å². The van der Waals surface area contributed by atoms with E-state index in [1.165, 1.54) is 18.2 Å². The molecule has 0 spiro atoms. The number of pyridine rings is 1. The second kappa shape index (κ2) is 5.70. The highest BCUT2D eigenvalue weighted by molar-refractivity contribution is 5.81. The molecule has 108 valence electrons. The lowest BCUT2D eigenvalue weighted by molar-refractivity contribution is -0.384. The van der Waals surface area contributed by atoms with E-state index in [4.69, 9.17) is 0 Å². The number of nitro benzene ring substituents is 1. The molecule has 0 aliphatic heterocycles. The Hall–Kier alpha value is -2.76. The summed E-state index contributed by atoms with van der Waals surface area (Å²) in [4.78, 5) is 26.0. The van der Waals surface area contributed by atoms with Crippen LogP contribution in [0.2, 0.25) is 0 Å². The quantitative estimate of drug-likeness (QED) is 0.673. The smallest absolute Gasteiger partial charge is 0.314 e. The topological polar surface area (TPSA) is 93.3 Å². The van der Waals surface area contributed by atoms with Gasteiger partial charge in [-0.2, -0.15) is 0 Å². The summed E-state index contributed by atoms with van der Waals surface area (Å²) in [5, 5.41) is 20.4. The number of nitrogens with zero attached hydrogens (tertiary/aromatic N) is 2. The van der Waals surface area contributed by atoms with E-state index in [2.05, 4.69) is 4.98 Å². The number of hydrogen-bond donors (Lipinski definition) is 1. The zero-order chi connectivity index (χ0) is 15.5. The third-order valence-electron chi connectivity index (χ3n) is 3.45. The Morgan fingerprint density at radius 1 is 1.38 bits per heavy atom. The first kappa shape index (κ1) is 14.6. The van der Waals surface area contributed by atoms with Gasteiger partial charge >= 0.3 is 5.97 Å². The van der Waals surface area contributed by atoms with Crippen LogP contribution >= 0.6 is 0 Å². The van der Waals surface area contributed by atoms with Crippen molar-refractivity contribution >= 4 is 11.7 Å². The molecule has 21 heavy (non-hydrogen) atoms. The fraction of sp³-hybridized carbons (Fsp3) is 0.200. The Kier molecular flexibility index (Phi) is 3.98. The average Bonchev–Trinajstić information content (AvgIpc) is 2.48. The molecule has 1 heterocycles. The van der Waals surface area contributed by atoms with Crippen molar-refractivity contribution in [1.82, 2.24) is 4.98 Å². The molecular formula is C15H14N2O4. The van der Waals surface area contributed by atoms with Gasteiger partial charge in [0.05, 0.1) is 10.3 Å². The van der Waals surface area contributed by atoms with Crippen molar-refractivity contribution in [1.29, 1.82) is 0 Å². The van der Waals surface area contributed by atoms with Crippen LogP contribution in [0.15, 0.2) is 48.8 Å². The molecule has 1 unspecified atom stereocenters. The number of aromatic nitrogens is 1. The third-order valence-corrected chi connectivity index (χ3v) is 3.45. The van der Waals surface area contributed by atoms with E-state index in [0.29, 0.717) is 5.56 Å². The zero-order valence-electron chi connectivity index (χ0n) is 11.4. The lowest BCUT2D eigenvalue weighted by Gasteiger charge is -2.25. The van der Waals surface area contributed by atoms with Crippen LogP contribution in [0.3, 0.4) is 0 Å². The van der Waals surface area contributed by atoms with Gasteiger partial charge in [-0.25, -0.2) is 0 Å². The number of hydrogen-bond acceptors (Lipinski definition) is 4. The first-order chi connectivity index (χ1) is 9.93. The predicted octanol–water partition coefficient (Wildman–Crippen LogP) is 2.57. The number of rotatable bonds is 5. The van der Waals surface area contributed by atoms with Gasteiger partial charge in [0.25, 0.3) is 5.69 Å². The zero-order valence-corrected chi connectivity index (χ0v) is 11.4. The molecule has 0 saturated carbocycles. The highest BCUT2D eigenvalue weighted by atomic mass is 16.6. The second-order valence-corrected chi connectivity index (χ2v) is 4.98. The molecule has 1 N–H and O–H groups in total. The highest BCUT2D eigenvalue weighted by Crippen LogP contribution is 2.30. The molecule has 1 aromatic carbocycles. The van der Waals surface area contributed by atoms with Gasteiger partial charge in [-0.05, 0) is 30.5 Å². The van der Waals surface area contributed by atoms with Gasteiger partial charge < -0.3 is 5.11 Å². The fourth-order valence-corrected chi connectivity index (χ4v) is 2.17. The SMILES string of the molecule is CC(Cc1cccnc1)(C(=O)O)c1cccc([N+](=O)[O-])c1. The monoisotopic (exact) mass is 286 g/mol. The molecule has 0 aliphatic carbocycles. The normalized spacial score (nSPS) is 13.4. The van der Waals surface area contributed by atoms with Gasteiger partial charge in [0.1, 0.15) is 0 Å². The van der Waals surface area contributed by atoms with E-state index in [-0.39, 0.29) is 12.1 Å². The van der Waals surface area contributed by atoms with Crippen LogP contribution in [-0.4, -0.2) is 21.0 Å². The first-order valence-electron chi connectivity index (χ1n) is 6.31. The van der Waals surface area contributed by atoms with E-state index >= 15 is 0 Å². The maximum atomic E-state index is 11.7. The van der Waals surface area contributed by atoms with Crippen molar-refractivity contribution in [2.45, 2.75) is 18.8 Å². The predicted molar refractivity (Wildman–Crippen MR) is 76.0 cm³/mol. The Morgan fingerprint density at radius 3 is 2.71 bits per heavy atom. The minimum Gasteiger partial charge on any atom is -0.481 e. The number of aliphatic carboxylic acids is 1. The minimum absolute atomic E-state index is 0.119. The molecule has 2 rings (SSSR count). The highest BCUT2D eigenvalue weighted by Gasteiger charge is 2.36. The number of non-ortho nitro benzene ring substituents is 1. The van der Waals surface area contributed by atoms with Gasteiger partial charge in [-0.1, -0.05) is 18.2 Å². The lowest BCUT2D eigenvalue weighted by atomic mass is 9.77. The molecule has 6 heteroatoms. The number of nitro groups is 1. The fourth-order valence-electron chi connectivity index (χ4n) is 2.17. The number of carbonyl (C=O) groups is 1. The van der Waals surface area contributed by atoms with E-state index in [9.17, 15) is 20.0 Å².